The van der Waals surface area contributed by atoms with Crippen molar-refractivity contribution in [1.29, 1.82) is 0 Å². The first kappa shape index (κ1) is 22.7. The summed E-state index contributed by atoms with van der Waals surface area (Å²) in [6.07, 6.45) is 0.984. The number of rotatable bonds is 5. The molecule has 0 saturated heterocycles. The van der Waals surface area contributed by atoms with Crippen LogP contribution < -0.4 is 29.6 Å². The van der Waals surface area contributed by atoms with Gasteiger partial charge < -0.3 is 4.55 Å². The molecule has 0 bridgehead atoms. The zero-order valence-electron chi connectivity index (χ0n) is 16.9. The fraction of sp³-hybridized carbons (Fsp3) is 0.120. The van der Waals surface area contributed by atoms with Gasteiger partial charge in [0.05, 0.1) is 4.91 Å². The van der Waals surface area contributed by atoms with Crippen molar-refractivity contribution in [2.24, 2.45) is 5.92 Å². The molecule has 0 spiro atoms. The first-order valence-electron chi connectivity index (χ1n) is 9.50. The third-order valence-corrected chi connectivity index (χ3v) is 6.40. The van der Waals surface area contributed by atoms with E-state index in [1.165, 1.54) is 0 Å². The van der Waals surface area contributed by atoms with Gasteiger partial charge in [0.2, 0.25) is 0 Å². The Morgan fingerprint density at radius 2 is 1.27 bits per heavy atom. The summed E-state index contributed by atoms with van der Waals surface area (Å²) in [6.45, 7) is 4.31. The summed E-state index contributed by atoms with van der Waals surface area (Å²) in [6, 6.07) is 26.7. The van der Waals surface area contributed by atoms with Crippen molar-refractivity contribution in [1.82, 2.24) is 0 Å². The summed E-state index contributed by atoms with van der Waals surface area (Å²) >= 11 is 0. The third kappa shape index (κ3) is 4.69. The van der Waals surface area contributed by atoms with Crippen molar-refractivity contribution in [3.05, 3.63) is 119 Å². The SMILES string of the molecule is C=C1c2ccccc2C(S(=O)(=O)[O-])=C(Cc2ccccc2)C1Cc1ccccc1.[Na+]. The molecule has 30 heavy (non-hydrogen) atoms. The molecule has 1 aliphatic rings. The largest absolute Gasteiger partial charge is 1.00 e. The van der Waals surface area contributed by atoms with Gasteiger partial charge >= 0.3 is 29.6 Å². The van der Waals surface area contributed by atoms with Gasteiger partial charge in [0.25, 0.3) is 0 Å². The minimum absolute atomic E-state index is 0. The Kier molecular flexibility index (Phi) is 7.17. The topological polar surface area (TPSA) is 57.2 Å². The van der Waals surface area contributed by atoms with Crippen molar-refractivity contribution in [2.45, 2.75) is 12.8 Å². The molecule has 1 unspecified atom stereocenters. The van der Waals surface area contributed by atoms with E-state index >= 15 is 0 Å². The molecule has 0 heterocycles. The van der Waals surface area contributed by atoms with E-state index in [1.807, 2.05) is 72.8 Å². The monoisotopic (exact) mass is 424 g/mol. The standard InChI is InChI=1S/C25H22O3S.Na/c1-18-21-14-8-9-15-22(21)25(29(26,27)28)24(17-20-12-6-3-7-13-20)23(18)16-19-10-4-2-5-11-19;/h2-15,23H,1,16-17H2,(H,26,27,28);/q;+1/p-1. The van der Waals surface area contributed by atoms with E-state index in [2.05, 4.69) is 6.58 Å². The average Bonchev–Trinajstić information content (AvgIpc) is 2.71. The van der Waals surface area contributed by atoms with Crippen LogP contribution in [0.25, 0.3) is 10.5 Å². The Balaban J connectivity index is 0.00000256. The quantitative estimate of drug-likeness (QED) is 0.466. The molecule has 4 rings (SSSR count). The van der Waals surface area contributed by atoms with Crippen LogP contribution in [0.1, 0.15) is 22.3 Å². The van der Waals surface area contributed by atoms with Gasteiger partial charge in [0, 0.05) is 5.92 Å². The number of hydrogen-bond donors (Lipinski definition) is 0. The van der Waals surface area contributed by atoms with E-state index in [4.69, 9.17) is 0 Å². The van der Waals surface area contributed by atoms with E-state index < -0.39 is 10.1 Å². The molecule has 1 atom stereocenters. The smallest absolute Gasteiger partial charge is 0.744 e. The number of benzene rings is 3. The molecule has 0 amide bonds. The van der Waals surface area contributed by atoms with Crippen molar-refractivity contribution in [3.63, 3.8) is 0 Å². The van der Waals surface area contributed by atoms with Crippen LogP contribution in [0.2, 0.25) is 0 Å². The Hall–Kier alpha value is -1.95. The second-order valence-electron chi connectivity index (χ2n) is 7.28. The summed E-state index contributed by atoms with van der Waals surface area (Å²) in [4.78, 5) is -0.0923. The molecule has 0 N–H and O–H groups in total. The van der Waals surface area contributed by atoms with E-state index in [0.717, 1.165) is 22.3 Å². The molecule has 1 aliphatic carbocycles. The molecule has 0 saturated carbocycles. The van der Waals surface area contributed by atoms with E-state index in [0.29, 0.717) is 24.0 Å². The van der Waals surface area contributed by atoms with Gasteiger partial charge in [-0.3, -0.25) is 0 Å². The summed E-state index contributed by atoms with van der Waals surface area (Å²) in [5.74, 6) is -0.258. The first-order chi connectivity index (χ1) is 13.9. The van der Waals surface area contributed by atoms with Gasteiger partial charge in [-0.15, -0.1) is 0 Å². The molecule has 146 valence electrons. The van der Waals surface area contributed by atoms with Crippen LogP contribution in [-0.4, -0.2) is 13.0 Å². The fourth-order valence-corrected chi connectivity index (χ4v) is 5.08. The van der Waals surface area contributed by atoms with Crippen LogP contribution >= 0.6 is 0 Å². The van der Waals surface area contributed by atoms with Gasteiger partial charge in [-0.2, -0.15) is 0 Å². The van der Waals surface area contributed by atoms with Gasteiger partial charge in [0.1, 0.15) is 10.1 Å². The Morgan fingerprint density at radius 1 is 0.767 bits per heavy atom. The van der Waals surface area contributed by atoms with Crippen LogP contribution in [-0.2, 0) is 23.0 Å². The molecule has 0 aromatic heterocycles. The van der Waals surface area contributed by atoms with Crippen LogP contribution in [0.5, 0.6) is 0 Å². The molecule has 0 aliphatic heterocycles. The summed E-state index contributed by atoms with van der Waals surface area (Å²) in [5.41, 5.74) is 4.71. The maximum atomic E-state index is 12.4. The van der Waals surface area contributed by atoms with Gasteiger partial charge in [0.15, 0.2) is 0 Å². The van der Waals surface area contributed by atoms with Crippen molar-refractivity contribution < 1.29 is 42.5 Å². The van der Waals surface area contributed by atoms with E-state index in [9.17, 15) is 13.0 Å². The molecular weight excluding hydrogens is 403 g/mol. The first-order valence-corrected chi connectivity index (χ1v) is 10.9. The summed E-state index contributed by atoms with van der Waals surface area (Å²) < 4.78 is 37.2. The average molecular weight is 424 g/mol. The maximum absolute atomic E-state index is 12.4. The van der Waals surface area contributed by atoms with Crippen molar-refractivity contribution in [3.8, 4) is 0 Å². The molecule has 0 fully saturated rings. The normalized spacial score (nSPS) is 16.0. The van der Waals surface area contributed by atoms with Crippen LogP contribution in [0.3, 0.4) is 0 Å². The Labute approximate surface area is 200 Å². The minimum Gasteiger partial charge on any atom is -0.744 e. The molecular formula is C25H21NaO3S. The number of hydrogen-bond acceptors (Lipinski definition) is 3. The van der Waals surface area contributed by atoms with Crippen molar-refractivity contribution >= 4 is 20.6 Å². The van der Waals surface area contributed by atoms with Crippen LogP contribution in [0.4, 0.5) is 0 Å². The van der Waals surface area contributed by atoms with Crippen molar-refractivity contribution in [2.75, 3.05) is 0 Å². The van der Waals surface area contributed by atoms with Crippen LogP contribution in [0.15, 0.2) is 97.1 Å². The maximum Gasteiger partial charge on any atom is 1.00 e. The van der Waals surface area contributed by atoms with E-state index in [-0.39, 0.29) is 40.4 Å². The minimum atomic E-state index is -4.67. The zero-order chi connectivity index (χ0) is 20.4. The van der Waals surface area contributed by atoms with Gasteiger partial charge in [-0.25, -0.2) is 8.42 Å². The Morgan fingerprint density at radius 3 is 1.83 bits per heavy atom. The Bertz CT molecular complexity index is 1180. The molecule has 5 heteroatoms. The van der Waals surface area contributed by atoms with Crippen LogP contribution in [0, 0.1) is 5.92 Å². The number of fused-ring (bicyclic) bond motifs is 1. The molecule has 3 aromatic rings. The number of allylic oxidation sites excluding steroid dienone is 2. The molecule has 3 nitrogen and oxygen atoms in total. The van der Waals surface area contributed by atoms with Gasteiger partial charge in [-0.1, -0.05) is 91.5 Å². The third-order valence-electron chi connectivity index (χ3n) is 5.42. The fourth-order valence-electron chi connectivity index (χ4n) is 4.10. The second-order valence-corrected chi connectivity index (χ2v) is 8.60. The molecule has 3 aromatic carbocycles. The van der Waals surface area contributed by atoms with E-state index in [1.54, 1.807) is 12.1 Å². The van der Waals surface area contributed by atoms with Gasteiger partial charge in [-0.05, 0) is 46.2 Å². The zero-order valence-corrected chi connectivity index (χ0v) is 19.7. The second kappa shape index (κ2) is 9.46. The predicted molar refractivity (Wildman–Crippen MR) is 116 cm³/mol. The summed E-state index contributed by atoms with van der Waals surface area (Å²) in [7, 11) is -4.67. The molecule has 0 radical (unpaired) electrons. The summed E-state index contributed by atoms with van der Waals surface area (Å²) in [5, 5.41) is 0. The predicted octanol–water partition coefficient (Wildman–Crippen LogP) is 2.08.